The van der Waals surface area contributed by atoms with Crippen molar-refractivity contribution in [3.8, 4) is 0 Å². The topological polar surface area (TPSA) is 54.5 Å². The molecule has 1 unspecified atom stereocenters. The zero-order valence-corrected chi connectivity index (χ0v) is 12.9. The molecule has 0 radical (unpaired) electrons. The highest BCUT2D eigenvalue weighted by Gasteiger charge is 2.29. The lowest BCUT2D eigenvalue weighted by molar-refractivity contribution is 0.0601. The van der Waals surface area contributed by atoms with Crippen molar-refractivity contribution in [3.63, 3.8) is 0 Å². The fourth-order valence-electron chi connectivity index (χ4n) is 2.37. The van der Waals surface area contributed by atoms with Gasteiger partial charge in [-0.2, -0.15) is 0 Å². The number of hydrogen-bond donors (Lipinski definition) is 1. The Morgan fingerprint density at radius 1 is 1.57 bits per heavy atom. The summed E-state index contributed by atoms with van der Waals surface area (Å²) >= 11 is 7.65. The van der Waals surface area contributed by atoms with Gasteiger partial charge in [-0.3, -0.25) is 4.98 Å². The molecule has 0 fully saturated rings. The van der Waals surface area contributed by atoms with E-state index in [2.05, 4.69) is 15.2 Å². The van der Waals surface area contributed by atoms with Gasteiger partial charge in [0.25, 0.3) is 0 Å². The number of hydrogen-bond acceptors (Lipinski definition) is 6. The number of rotatable bonds is 4. The van der Waals surface area contributed by atoms with Crippen molar-refractivity contribution >= 4 is 40.3 Å². The first kappa shape index (κ1) is 14.2. The predicted molar refractivity (Wildman–Crippen MR) is 84.2 cm³/mol. The summed E-state index contributed by atoms with van der Waals surface area (Å²) in [6.45, 7) is 0.701. The molecule has 5 nitrogen and oxygen atoms in total. The van der Waals surface area contributed by atoms with E-state index in [1.165, 1.54) is 7.11 Å². The average molecular weight is 324 g/mol. The van der Waals surface area contributed by atoms with Crippen LogP contribution in [0.15, 0.2) is 29.9 Å². The number of nitrogens with zero attached hydrogens (tertiary/aromatic N) is 2. The molecule has 110 valence electrons. The van der Waals surface area contributed by atoms with Gasteiger partial charge in [0.05, 0.1) is 42.0 Å². The molecule has 0 saturated heterocycles. The number of carbonyl (C=O) groups excluding carboxylic acids is 1. The van der Waals surface area contributed by atoms with E-state index in [1.807, 2.05) is 18.3 Å². The molecule has 1 atom stereocenters. The highest BCUT2D eigenvalue weighted by atomic mass is 35.5. The van der Waals surface area contributed by atoms with Crippen LogP contribution in [-0.4, -0.2) is 30.1 Å². The molecule has 0 saturated carbocycles. The van der Waals surface area contributed by atoms with Crippen LogP contribution < -0.4 is 10.2 Å². The molecule has 7 heteroatoms. The molecular formula is C14H14ClN3O2S. The van der Waals surface area contributed by atoms with Gasteiger partial charge in [0, 0.05) is 11.1 Å². The number of fused-ring (bicyclic) bond motifs is 1. The molecule has 1 aliphatic heterocycles. The number of anilines is 2. The third-order valence-electron chi connectivity index (χ3n) is 3.38. The first-order valence-corrected chi connectivity index (χ1v) is 7.83. The van der Waals surface area contributed by atoms with Crippen molar-refractivity contribution in [3.05, 3.63) is 40.3 Å². The van der Waals surface area contributed by atoms with E-state index >= 15 is 0 Å². The molecule has 21 heavy (non-hydrogen) atoms. The smallest absolute Gasteiger partial charge is 0.337 e. The number of nitrogens with one attached hydrogen (secondary N) is 1. The Morgan fingerprint density at radius 3 is 3.10 bits per heavy atom. The Morgan fingerprint density at radius 2 is 2.43 bits per heavy atom. The van der Waals surface area contributed by atoms with E-state index in [-0.39, 0.29) is 12.1 Å². The average Bonchev–Trinajstić information content (AvgIpc) is 3.14. The zero-order chi connectivity index (χ0) is 14.8. The van der Waals surface area contributed by atoms with Crippen LogP contribution in [0.2, 0.25) is 0 Å². The summed E-state index contributed by atoms with van der Waals surface area (Å²) in [4.78, 5) is 19.1. The largest absolute Gasteiger partial charge is 0.465 e. The lowest BCUT2D eigenvalue weighted by Crippen LogP contribution is -2.36. The lowest BCUT2D eigenvalue weighted by atomic mass is 10.1. The normalized spacial score (nSPS) is 16.5. The molecule has 0 bridgehead atoms. The quantitative estimate of drug-likeness (QED) is 0.692. The molecule has 0 amide bonds. The zero-order valence-electron chi connectivity index (χ0n) is 11.4. The van der Waals surface area contributed by atoms with E-state index in [1.54, 1.807) is 22.9 Å². The maximum atomic E-state index is 11.7. The van der Waals surface area contributed by atoms with Crippen LogP contribution in [0.5, 0.6) is 0 Å². The number of esters is 1. The van der Waals surface area contributed by atoms with E-state index in [0.29, 0.717) is 18.0 Å². The number of carbonyl (C=O) groups is 1. The molecule has 1 aromatic heterocycles. The third-order valence-corrected chi connectivity index (χ3v) is 4.44. The molecule has 1 aliphatic rings. The van der Waals surface area contributed by atoms with Gasteiger partial charge in [-0.25, -0.2) is 4.79 Å². The van der Waals surface area contributed by atoms with Crippen molar-refractivity contribution < 1.29 is 9.53 Å². The van der Waals surface area contributed by atoms with Crippen molar-refractivity contribution in [2.24, 2.45) is 0 Å². The first-order chi connectivity index (χ1) is 10.2. The number of thiazole rings is 1. The summed E-state index contributed by atoms with van der Waals surface area (Å²) < 4.78 is 4.78. The second kappa shape index (κ2) is 5.91. The van der Waals surface area contributed by atoms with E-state index in [4.69, 9.17) is 16.3 Å². The van der Waals surface area contributed by atoms with Gasteiger partial charge < -0.3 is 15.0 Å². The molecule has 1 N–H and O–H groups in total. The van der Waals surface area contributed by atoms with Crippen LogP contribution >= 0.6 is 22.9 Å². The van der Waals surface area contributed by atoms with Gasteiger partial charge >= 0.3 is 5.97 Å². The minimum atomic E-state index is -0.343. The minimum Gasteiger partial charge on any atom is -0.465 e. The monoisotopic (exact) mass is 323 g/mol. The van der Waals surface area contributed by atoms with Gasteiger partial charge in [-0.15, -0.1) is 22.9 Å². The van der Waals surface area contributed by atoms with Gasteiger partial charge in [0.15, 0.2) is 0 Å². The summed E-state index contributed by atoms with van der Waals surface area (Å²) in [5.74, 6) is 0.103. The van der Waals surface area contributed by atoms with Crippen LogP contribution in [0.4, 0.5) is 11.4 Å². The van der Waals surface area contributed by atoms with Gasteiger partial charge in [0.1, 0.15) is 6.17 Å². The van der Waals surface area contributed by atoms with Gasteiger partial charge in [-0.1, -0.05) is 0 Å². The first-order valence-electron chi connectivity index (χ1n) is 6.42. The Balaban J connectivity index is 1.94. The van der Waals surface area contributed by atoms with Crippen molar-refractivity contribution in [1.29, 1.82) is 0 Å². The summed E-state index contributed by atoms with van der Waals surface area (Å²) in [6.07, 6.45) is 1.84. The van der Waals surface area contributed by atoms with Crippen LogP contribution in [0.25, 0.3) is 0 Å². The highest BCUT2D eigenvalue weighted by molar-refractivity contribution is 7.09. The molecule has 2 aromatic rings. The number of ether oxygens (including phenoxy) is 1. The SMILES string of the molecule is COC(=O)c1ccc2c(c1)N(Cc1cncs1)C(CCl)N2. The molecule has 0 spiro atoms. The van der Waals surface area contributed by atoms with Crippen molar-refractivity contribution in [1.82, 2.24) is 4.98 Å². The van der Waals surface area contributed by atoms with Crippen molar-refractivity contribution in [2.45, 2.75) is 12.7 Å². The molecule has 2 heterocycles. The Kier molecular flexibility index (Phi) is 3.98. The lowest BCUT2D eigenvalue weighted by Gasteiger charge is -2.24. The number of halogens is 1. The molecule has 3 rings (SSSR count). The Labute approximate surface area is 131 Å². The standard InChI is InChI=1S/C14H14ClN3O2S/c1-20-14(19)9-2-3-11-12(4-9)18(13(5-15)17-11)7-10-6-16-8-21-10/h2-4,6,8,13,17H,5,7H2,1H3. The highest BCUT2D eigenvalue weighted by Crippen LogP contribution is 2.37. The Bertz CT molecular complexity index is 648. The third kappa shape index (κ3) is 2.69. The fraction of sp³-hybridized carbons (Fsp3) is 0.286. The summed E-state index contributed by atoms with van der Waals surface area (Å²) in [7, 11) is 1.38. The van der Waals surface area contributed by atoms with Crippen LogP contribution in [0.1, 0.15) is 15.2 Å². The van der Waals surface area contributed by atoms with Crippen LogP contribution in [0.3, 0.4) is 0 Å². The number of benzene rings is 1. The van der Waals surface area contributed by atoms with Crippen LogP contribution in [0, 0.1) is 0 Å². The van der Waals surface area contributed by atoms with E-state index in [9.17, 15) is 4.79 Å². The molecule has 0 aliphatic carbocycles. The van der Waals surface area contributed by atoms with Gasteiger partial charge in [0.2, 0.25) is 0 Å². The maximum absolute atomic E-state index is 11.7. The molecule has 1 aromatic carbocycles. The maximum Gasteiger partial charge on any atom is 0.337 e. The van der Waals surface area contributed by atoms with Crippen molar-refractivity contribution in [2.75, 3.05) is 23.2 Å². The fourth-order valence-corrected chi connectivity index (χ4v) is 3.20. The van der Waals surface area contributed by atoms with E-state index < -0.39 is 0 Å². The van der Waals surface area contributed by atoms with Crippen LogP contribution in [-0.2, 0) is 11.3 Å². The van der Waals surface area contributed by atoms with Gasteiger partial charge in [-0.05, 0) is 18.2 Å². The second-order valence-corrected chi connectivity index (χ2v) is 5.91. The number of methoxy groups -OCH3 is 1. The molecular weight excluding hydrogens is 310 g/mol. The predicted octanol–water partition coefficient (Wildman–Crippen LogP) is 2.93. The van der Waals surface area contributed by atoms with E-state index in [0.717, 1.165) is 16.3 Å². The number of alkyl halides is 1. The second-order valence-electron chi connectivity index (χ2n) is 4.63. The Hall–Kier alpha value is -1.79. The summed E-state index contributed by atoms with van der Waals surface area (Å²) in [5, 5.41) is 3.36. The number of aromatic nitrogens is 1. The summed E-state index contributed by atoms with van der Waals surface area (Å²) in [5.41, 5.74) is 4.26. The minimum absolute atomic E-state index is 0.00309. The summed E-state index contributed by atoms with van der Waals surface area (Å²) in [6, 6.07) is 5.47.